The first-order valence-electron chi connectivity index (χ1n) is 15.5. The standard InChI is InChI=1S/C32H47FN4O6Si/c1-7-28(38)40-19-23(20-41-29-13-8-9-14-39-29)21-42-36-26-17-37(18-26)31-34-15-25(16-35-31)27-12-10-11-24(30(27)33)22-43-44(5,6)32(2,3)4/h10-12,15-16,23,29H,7-9,13-14,17-22H2,1-6H3. The normalized spacial score (nSPS) is 18.0. The molecule has 0 spiro atoms. The van der Waals surface area contributed by atoms with Crippen LogP contribution in [0.15, 0.2) is 35.7 Å². The molecule has 1 aromatic heterocycles. The first-order valence-corrected chi connectivity index (χ1v) is 18.4. The summed E-state index contributed by atoms with van der Waals surface area (Å²) in [6.07, 6.45) is 6.35. The first-order chi connectivity index (χ1) is 21.0. The fraction of sp³-hybridized carbons (Fsp3) is 0.625. The van der Waals surface area contributed by atoms with E-state index in [2.05, 4.69) is 49.0 Å². The summed E-state index contributed by atoms with van der Waals surface area (Å²) in [5.74, 6) is -0.194. The van der Waals surface area contributed by atoms with Crippen LogP contribution in [0, 0.1) is 11.7 Å². The molecule has 4 rings (SSSR count). The van der Waals surface area contributed by atoms with Gasteiger partial charge in [0, 0.05) is 42.1 Å². The molecule has 0 N–H and O–H groups in total. The molecule has 12 heteroatoms. The molecule has 2 fully saturated rings. The molecule has 0 aliphatic carbocycles. The van der Waals surface area contributed by atoms with Crippen LogP contribution in [0.25, 0.3) is 11.1 Å². The van der Waals surface area contributed by atoms with Crippen LogP contribution in [0.2, 0.25) is 18.1 Å². The van der Waals surface area contributed by atoms with E-state index < -0.39 is 8.32 Å². The van der Waals surface area contributed by atoms with E-state index in [-0.39, 0.29) is 48.9 Å². The fourth-order valence-electron chi connectivity index (χ4n) is 4.38. The summed E-state index contributed by atoms with van der Waals surface area (Å²) in [6.45, 7) is 15.4. The maximum atomic E-state index is 15.4. The number of carbonyl (C=O) groups is 1. The van der Waals surface area contributed by atoms with Crippen LogP contribution >= 0.6 is 0 Å². The molecule has 0 bridgehead atoms. The van der Waals surface area contributed by atoms with Crippen LogP contribution in [0.1, 0.15) is 58.9 Å². The average Bonchev–Trinajstić information content (AvgIpc) is 2.98. The van der Waals surface area contributed by atoms with Crippen LogP contribution in [0.3, 0.4) is 0 Å². The van der Waals surface area contributed by atoms with Gasteiger partial charge in [-0.3, -0.25) is 4.79 Å². The fourth-order valence-corrected chi connectivity index (χ4v) is 5.33. The molecule has 2 aromatic rings. The number of rotatable bonds is 14. The van der Waals surface area contributed by atoms with Gasteiger partial charge in [-0.25, -0.2) is 14.4 Å². The maximum absolute atomic E-state index is 15.4. The molecule has 0 radical (unpaired) electrons. The van der Waals surface area contributed by atoms with E-state index in [9.17, 15) is 4.79 Å². The van der Waals surface area contributed by atoms with Crippen molar-refractivity contribution in [3.63, 3.8) is 0 Å². The molecule has 1 aromatic carbocycles. The van der Waals surface area contributed by atoms with Gasteiger partial charge in [-0.15, -0.1) is 0 Å². The lowest BCUT2D eigenvalue weighted by Crippen LogP contribution is -2.48. The number of hydrogen-bond donors (Lipinski definition) is 0. The zero-order valence-electron chi connectivity index (χ0n) is 26.9. The Labute approximate surface area is 261 Å². The van der Waals surface area contributed by atoms with Gasteiger partial charge < -0.3 is 28.4 Å². The van der Waals surface area contributed by atoms with Gasteiger partial charge in [0.05, 0.1) is 44.5 Å². The second kappa shape index (κ2) is 15.4. The van der Waals surface area contributed by atoms with Gasteiger partial charge in [-0.1, -0.05) is 51.0 Å². The molecule has 3 heterocycles. The molecule has 0 saturated carbocycles. The topological polar surface area (TPSA) is 105 Å². The highest BCUT2D eigenvalue weighted by molar-refractivity contribution is 6.74. The molecule has 44 heavy (non-hydrogen) atoms. The van der Waals surface area contributed by atoms with Gasteiger partial charge >= 0.3 is 5.97 Å². The van der Waals surface area contributed by atoms with E-state index in [0.29, 0.717) is 55.4 Å². The molecular formula is C32H47FN4O6Si. The van der Waals surface area contributed by atoms with Crippen LogP contribution < -0.4 is 4.90 Å². The third kappa shape index (κ3) is 9.29. The van der Waals surface area contributed by atoms with Crippen molar-refractivity contribution in [1.29, 1.82) is 0 Å². The molecule has 2 aliphatic heterocycles. The smallest absolute Gasteiger partial charge is 0.305 e. The molecule has 10 nitrogen and oxygen atoms in total. The number of benzene rings is 1. The predicted octanol–water partition coefficient (Wildman–Crippen LogP) is 6.11. The van der Waals surface area contributed by atoms with E-state index in [1.54, 1.807) is 31.5 Å². The summed E-state index contributed by atoms with van der Waals surface area (Å²) in [5, 5.41) is 4.30. The molecule has 242 valence electrons. The average molecular weight is 631 g/mol. The molecular weight excluding hydrogens is 583 g/mol. The number of ether oxygens (including phenoxy) is 3. The zero-order valence-corrected chi connectivity index (χ0v) is 27.9. The van der Waals surface area contributed by atoms with Gasteiger partial charge in [0.25, 0.3) is 0 Å². The van der Waals surface area contributed by atoms with E-state index in [1.165, 1.54) is 0 Å². The highest BCUT2D eigenvalue weighted by Gasteiger charge is 2.37. The number of hydrogen-bond acceptors (Lipinski definition) is 10. The second-order valence-corrected chi connectivity index (χ2v) is 17.8. The monoisotopic (exact) mass is 630 g/mol. The quantitative estimate of drug-likeness (QED) is 0.139. The highest BCUT2D eigenvalue weighted by atomic mass is 28.4. The Bertz CT molecular complexity index is 1260. The second-order valence-electron chi connectivity index (χ2n) is 12.9. The third-order valence-electron chi connectivity index (χ3n) is 8.38. The largest absolute Gasteiger partial charge is 0.465 e. The molecule has 2 aliphatic rings. The predicted molar refractivity (Wildman–Crippen MR) is 169 cm³/mol. The Kier molecular flexibility index (Phi) is 11.9. The van der Waals surface area contributed by atoms with E-state index in [0.717, 1.165) is 25.0 Å². The summed E-state index contributed by atoms with van der Waals surface area (Å²) >= 11 is 0. The summed E-state index contributed by atoms with van der Waals surface area (Å²) in [4.78, 5) is 28.2. The Morgan fingerprint density at radius 1 is 1.16 bits per heavy atom. The summed E-state index contributed by atoms with van der Waals surface area (Å²) in [7, 11) is -2.01. The summed E-state index contributed by atoms with van der Waals surface area (Å²) < 4.78 is 38.5. The Balaban J connectivity index is 1.27. The minimum absolute atomic E-state index is 0.0462. The van der Waals surface area contributed by atoms with Gasteiger partial charge in [0.2, 0.25) is 5.95 Å². The van der Waals surface area contributed by atoms with Crippen LogP contribution in [0.4, 0.5) is 10.3 Å². The van der Waals surface area contributed by atoms with Crippen molar-refractivity contribution in [2.45, 2.75) is 84.4 Å². The van der Waals surface area contributed by atoms with Crippen LogP contribution in [-0.4, -0.2) is 75.8 Å². The lowest BCUT2D eigenvalue weighted by molar-refractivity contribution is -0.176. The lowest BCUT2D eigenvalue weighted by Gasteiger charge is -2.36. The van der Waals surface area contributed by atoms with Crippen molar-refractivity contribution in [1.82, 2.24) is 9.97 Å². The van der Waals surface area contributed by atoms with Crippen molar-refractivity contribution in [2.75, 3.05) is 44.4 Å². The van der Waals surface area contributed by atoms with Crippen molar-refractivity contribution < 1.29 is 32.7 Å². The minimum Gasteiger partial charge on any atom is -0.465 e. The van der Waals surface area contributed by atoms with E-state index in [4.69, 9.17) is 23.5 Å². The first kappa shape index (κ1) is 33.9. The van der Waals surface area contributed by atoms with Crippen LogP contribution in [0.5, 0.6) is 0 Å². The van der Waals surface area contributed by atoms with Gasteiger partial charge in [0.15, 0.2) is 14.6 Å². The molecule has 2 unspecified atom stereocenters. The number of nitrogens with zero attached hydrogens (tertiary/aromatic N) is 4. The number of halogens is 1. The molecule has 2 atom stereocenters. The minimum atomic E-state index is -2.01. The van der Waals surface area contributed by atoms with Crippen molar-refractivity contribution in [3.05, 3.63) is 42.0 Å². The Hall–Kier alpha value is -2.93. The van der Waals surface area contributed by atoms with Crippen molar-refractivity contribution >= 4 is 25.9 Å². The summed E-state index contributed by atoms with van der Waals surface area (Å²) in [5.41, 5.74) is 2.43. The SMILES string of the molecule is CCC(=O)OCC(CON=C1CN(c2ncc(-c3cccc(CO[Si](C)(C)C(C)(C)C)c3F)cn2)C1)COC1CCCCO1. The van der Waals surface area contributed by atoms with E-state index >= 15 is 4.39 Å². The Morgan fingerprint density at radius 2 is 1.91 bits per heavy atom. The number of anilines is 1. The van der Waals surface area contributed by atoms with Crippen molar-refractivity contribution in [3.8, 4) is 11.1 Å². The number of esters is 1. The zero-order chi connectivity index (χ0) is 31.7. The number of carbonyl (C=O) groups excluding carboxylic acids is 1. The lowest BCUT2D eigenvalue weighted by atomic mass is 10.1. The number of oxime groups is 1. The van der Waals surface area contributed by atoms with Crippen LogP contribution in [-0.2, 0) is 34.9 Å². The molecule has 2 saturated heterocycles. The van der Waals surface area contributed by atoms with Gasteiger partial charge in [-0.05, 0) is 37.4 Å². The Morgan fingerprint density at radius 3 is 2.57 bits per heavy atom. The number of aromatic nitrogens is 2. The highest BCUT2D eigenvalue weighted by Crippen LogP contribution is 2.37. The summed E-state index contributed by atoms with van der Waals surface area (Å²) in [6, 6.07) is 5.34. The van der Waals surface area contributed by atoms with E-state index in [1.807, 2.05) is 11.0 Å². The van der Waals surface area contributed by atoms with Crippen molar-refractivity contribution in [2.24, 2.45) is 11.1 Å². The van der Waals surface area contributed by atoms with Gasteiger partial charge in [0.1, 0.15) is 12.4 Å². The molecule has 0 amide bonds. The third-order valence-corrected chi connectivity index (χ3v) is 12.9. The maximum Gasteiger partial charge on any atom is 0.305 e. The van der Waals surface area contributed by atoms with Gasteiger partial charge in [-0.2, -0.15) is 0 Å².